The number of halogens is 1. The molecule has 28 heavy (non-hydrogen) atoms. The van der Waals surface area contributed by atoms with Crippen LogP contribution in [0.5, 0.6) is 0 Å². The van der Waals surface area contributed by atoms with Gasteiger partial charge in [0, 0.05) is 44.1 Å². The Labute approximate surface area is 171 Å². The molecule has 1 amide bonds. The number of aromatic nitrogens is 1. The van der Waals surface area contributed by atoms with Crippen LogP contribution in [0.25, 0.3) is 11.3 Å². The number of nitrogens with zero attached hydrogens (tertiary/aromatic N) is 2. The van der Waals surface area contributed by atoms with Crippen molar-refractivity contribution in [3.05, 3.63) is 53.0 Å². The van der Waals surface area contributed by atoms with E-state index >= 15 is 0 Å². The van der Waals surface area contributed by atoms with E-state index < -0.39 is 0 Å². The SMILES string of the molecule is CC(C)=CCN1CCC(NC(=O)CCc2ncc(-c3ccccc3Cl)o2)CC1. The second kappa shape index (κ2) is 9.89. The minimum atomic E-state index is 0.0558. The average molecular weight is 402 g/mol. The van der Waals surface area contributed by atoms with Crippen molar-refractivity contribution in [3.63, 3.8) is 0 Å². The lowest BCUT2D eigenvalue weighted by Gasteiger charge is -2.31. The number of allylic oxidation sites excluding steroid dienone is 1. The topological polar surface area (TPSA) is 58.4 Å². The van der Waals surface area contributed by atoms with Crippen molar-refractivity contribution in [3.8, 4) is 11.3 Å². The van der Waals surface area contributed by atoms with E-state index in [2.05, 4.69) is 35.1 Å². The summed E-state index contributed by atoms with van der Waals surface area (Å²) in [5.74, 6) is 1.24. The normalized spacial score (nSPS) is 15.4. The minimum Gasteiger partial charge on any atom is -0.441 e. The number of amides is 1. The van der Waals surface area contributed by atoms with Crippen LogP contribution in [-0.2, 0) is 11.2 Å². The van der Waals surface area contributed by atoms with Crippen molar-refractivity contribution in [1.29, 1.82) is 0 Å². The standard InChI is InChI=1S/C22H28ClN3O2/c1-16(2)9-12-26-13-10-17(11-14-26)25-21(27)7-8-22-24-15-20(28-22)18-5-3-4-6-19(18)23/h3-6,9,15,17H,7-8,10-14H2,1-2H3,(H,25,27). The number of piperidine rings is 1. The lowest BCUT2D eigenvalue weighted by atomic mass is 10.0. The predicted molar refractivity (Wildman–Crippen MR) is 112 cm³/mol. The fourth-order valence-corrected chi connectivity index (χ4v) is 3.53. The van der Waals surface area contributed by atoms with Crippen LogP contribution in [0.4, 0.5) is 0 Å². The van der Waals surface area contributed by atoms with Crippen molar-refractivity contribution in [1.82, 2.24) is 15.2 Å². The number of aryl methyl sites for hydroxylation is 1. The zero-order valence-corrected chi connectivity index (χ0v) is 17.3. The number of oxazole rings is 1. The molecule has 0 aliphatic carbocycles. The largest absolute Gasteiger partial charge is 0.441 e. The van der Waals surface area contributed by atoms with E-state index in [4.69, 9.17) is 16.0 Å². The van der Waals surface area contributed by atoms with Crippen molar-refractivity contribution in [2.45, 2.75) is 45.6 Å². The molecule has 1 fully saturated rings. The van der Waals surface area contributed by atoms with Gasteiger partial charge in [0.05, 0.1) is 11.2 Å². The Hall–Kier alpha value is -2.11. The van der Waals surface area contributed by atoms with Gasteiger partial charge in [0.15, 0.2) is 11.7 Å². The third kappa shape index (κ3) is 5.94. The molecule has 150 valence electrons. The van der Waals surface area contributed by atoms with E-state index in [1.54, 1.807) is 6.20 Å². The Morgan fingerprint density at radius 2 is 2.07 bits per heavy atom. The predicted octanol–water partition coefficient (Wildman–Crippen LogP) is 4.47. The number of carbonyl (C=O) groups is 1. The molecule has 0 spiro atoms. The van der Waals surface area contributed by atoms with Crippen LogP contribution in [0.2, 0.25) is 5.02 Å². The first kappa shape index (κ1) is 20.6. The molecular weight excluding hydrogens is 374 g/mol. The molecule has 1 aliphatic heterocycles. The Bertz CT molecular complexity index is 819. The molecule has 0 bridgehead atoms. The molecule has 6 heteroatoms. The van der Waals surface area contributed by atoms with Gasteiger partial charge in [0.2, 0.25) is 5.91 Å². The molecule has 1 aromatic carbocycles. The van der Waals surface area contributed by atoms with E-state index in [1.165, 1.54) is 5.57 Å². The first-order chi connectivity index (χ1) is 13.5. The number of carbonyl (C=O) groups excluding carboxylic acids is 1. The summed E-state index contributed by atoms with van der Waals surface area (Å²) < 4.78 is 5.76. The molecule has 1 aliphatic rings. The van der Waals surface area contributed by atoms with Crippen LogP contribution in [0, 0.1) is 0 Å². The molecule has 1 saturated heterocycles. The highest BCUT2D eigenvalue weighted by atomic mass is 35.5. The fraction of sp³-hybridized carbons (Fsp3) is 0.455. The summed E-state index contributed by atoms with van der Waals surface area (Å²) in [7, 11) is 0. The van der Waals surface area contributed by atoms with Crippen LogP contribution < -0.4 is 5.32 Å². The van der Waals surface area contributed by atoms with Crippen LogP contribution >= 0.6 is 11.6 Å². The van der Waals surface area contributed by atoms with Crippen LogP contribution in [-0.4, -0.2) is 41.5 Å². The summed E-state index contributed by atoms with van der Waals surface area (Å²) in [6.07, 6.45) is 6.77. The maximum atomic E-state index is 12.3. The number of benzene rings is 1. The Morgan fingerprint density at radius 1 is 1.32 bits per heavy atom. The van der Waals surface area contributed by atoms with Crippen molar-refractivity contribution >= 4 is 17.5 Å². The molecule has 2 aromatic rings. The van der Waals surface area contributed by atoms with Crippen LogP contribution in [0.15, 0.2) is 46.5 Å². The second-order valence-electron chi connectivity index (χ2n) is 7.52. The molecule has 5 nitrogen and oxygen atoms in total. The summed E-state index contributed by atoms with van der Waals surface area (Å²) in [4.78, 5) is 19.0. The lowest BCUT2D eigenvalue weighted by molar-refractivity contribution is -0.122. The molecule has 2 heterocycles. The van der Waals surface area contributed by atoms with Gasteiger partial charge >= 0.3 is 0 Å². The zero-order valence-electron chi connectivity index (χ0n) is 16.6. The monoisotopic (exact) mass is 401 g/mol. The van der Waals surface area contributed by atoms with Gasteiger partial charge in [-0.15, -0.1) is 0 Å². The Balaban J connectivity index is 1.42. The summed E-state index contributed by atoms with van der Waals surface area (Å²) >= 11 is 6.19. The van der Waals surface area contributed by atoms with Gasteiger partial charge in [-0.1, -0.05) is 35.4 Å². The summed E-state index contributed by atoms with van der Waals surface area (Å²) in [6.45, 7) is 7.29. The van der Waals surface area contributed by atoms with Gasteiger partial charge in [0.25, 0.3) is 0 Å². The first-order valence-corrected chi connectivity index (χ1v) is 10.2. The molecule has 3 rings (SSSR count). The number of rotatable bonds is 7. The first-order valence-electron chi connectivity index (χ1n) is 9.86. The van der Waals surface area contributed by atoms with E-state index in [0.717, 1.165) is 38.0 Å². The van der Waals surface area contributed by atoms with Crippen LogP contribution in [0.1, 0.15) is 39.0 Å². The third-order valence-corrected chi connectivity index (χ3v) is 5.30. The summed E-state index contributed by atoms with van der Waals surface area (Å²) in [5, 5.41) is 3.77. The highest BCUT2D eigenvalue weighted by Gasteiger charge is 2.20. The van der Waals surface area contributed by atoms with Gasteiger partial charge in [-0.05, 0) is 38.8 Å². The molecule has 0 radical (unpaired) electrons. The molecule has 1 aromatic heterocycles. The Kier molecular flexibility index (Phi) is 7.29. The number of likely N-dealkylation sites (tertiary alicyclic amines) is 1. The number of hydrogen-bond acceptors (Lipinski definition) is 4. The van der Waals surface area contributed by atoms with Gasteiger partial charge in [-0.25, -0.2) is 4.98 Å². The molecule has 0 saturated carbocycles. The summed E-state index contributed by atoms with van der Waals surface area (Å²) in [6, 6.07) is 7.75. The highest BCUT2D eigenvalue weighted by molar-refractivity contribution is 6.33. The van der Waals surface area contributed by atoms with E-state index in [0.29, 0.717) is 29.5 Å². The fourth-order valence-electron chi connectivity index (χ4n) is 3.30. The minimum absolute atomic E-state index is 0.0558. The molecule has 1 N–H and O–H groups in total. The second-order valence-corrected chi connectivity index (χ2v) is 7.93. The average Bonchev–Trinajstić information content (AvgIpc) is 3.15. The van der Waals surface area contributed by atoms with Gasteiger partial charge in [0.1, 0.15) is 0 Å². The van der Waals surface area contributed by atoms with Crippen LogP contribution in [0.3, 0.4) is 0 Å². The summed E-state index contributed by atoms with van der Waals surface area (Å²) in [5.41, 5.74) is 2.16. The van der Waals surface area contributed by atoms with E-state index in [9.17, 15) is 4.79 Å². The van der Waals surface area contributed by atoms with Crippen molar-refractivity contribution in [2.75, 3.05) is 19.6 Å². The quantitative estimate of drug-likeness (QED) is 0.695. The lowest BCUT2D eigenvalue weighted by Crippen LogP contribution is -2.44. The smallest absolute Gasteiger partial charge is 0.220 e. The van der Waals surface area contributed by atoms with Gasteiger partial charge in [-0.2, -0.15) is 0 Å². The van der Waals surface area contributed by atoms with Crippen molar-refractivity contribution in [2.24, 2.45) is 0 Å². The van der Waals surface area contributed by atoms with E-state index in [-0.39, 0.29) is 11.9 Å². The maximum absolute atomic E-state index is 12.3. The van der Waals surface area contributed by atoms with Gasteiger partial charge < -0.3 is 9.73 Å². The van der Waals surface area contributed by atoms with E-state index in [1.807, 2.05) is 24.3 Å². The Morgan fingerprint density at radius 3 is 2.79 bits per heavy atom. The molecular formula is C22H28ClN3O2. The van der Waals surface area contributed by atoms with Gasteiger partial charge in [-0.3, -0.25) is 9.69 Å². The third-order valence-electron chi connectivity index (χ3n) is 4.97. The zero-order chi connectivity index (χ0) is 19.9. The molecule has 0 atom stereocenters. The molecule has 0 unspecified atom stereocenters. The maximum Gasteiger partial charge on any atom is 0.220 e. The number of nitrogens with one attached hydrogen (secondary N) is 1. The number of hydrogen-bond donors (Lipinski definition) is 1. The van der Waals surface area contributed by atoms with Crippen molar-refractivity contribution < 1.29 is 9.21 Å². The highest BCUT2D eigenvalue weighted by Crippen LogP contribution is 2.28.